The Morgan fingerprint density at radius 2 is 2.04 bits per heavy atom. The van der Waals surface area contributed by atoms with Crippen LogP contribution in [0.4, 0.5) is 0 Å². The standard InChI is InChI=1S/C20H18N2O3/c1-22-12-11-21-20(22)14-25-18-8-6-16(7-9-18)19(24)10-5-15-3-2-4-17(23)13-15/h2-13,23H,14H2,1H3/b10-5+. The highest BCUT2D eigenvalue weighted by atomic mass is 16.5. The molecule has 0 aliphatic heterocycles. The van der Waals surface area contributed by atoms with Crippen molar-refractivity contribution in [3.63, 3.8) is 0 Å². The normalized spacial score (nSPS) is 10.9. The second kappa shape index (κ2) is 7.49. The van der Waals surface area contributed by atoms with Crippen molar-refractivity contribution in [2.24, 2.45) is 7.05 Å². The Balaban J connectivity index is 1.61. The number of allylic oxidation sites excluding steroid dienone is 1. The van der Waals surface area contributed by atoms with Gasteiger partial charge in [0.05, 0.1) is 0 Å². The van der Waals surface area contributed by atoms with Gasteiger partial charge in [0, 0.05) is 25.0 Å². The van der Waals surface area contributed by atoms with E-state index < -0.39 is 0 Å². The average molecular weight is 334 g/mol. The number of phenols is 1. The maximum absolute atomic E-state index is 12.2. The molecule has 0 saturated carbocycles. The zero-order chi connectivity index (χ0) is 17.6. The Morgan fingerprint density at radius 3 is 2.72 bits per heavy atom. The van der Waals surface area contributed by atoms with Crippen molar-refractivity contribution in [3.05, 3.63) is 84.0 Å². The number of aromatic hydroxyl groups is 1. The van der Waals surface area contributed by atoms with Crippen LogP contribution in [0.25, 0.3) is 6.08 Å². The van der Waals surface area contributed by atoms with Gasteiger partial charge in [0.1, 0.15) is 23.9 Å². The third-order valence-corrected chi connectivity index (χ3v) is 3.73. The summed E-state index contributed by atoms with van der Waals surface area (Å²) < 4.78 is 7.56. The number of hydrogen-bond donors (Lipinski definition) is 1. The summed E-state index contributed by atoms with van der Waals surface area (Å²) in [5.41, 5.74) is 1.34. The molecule has 3 aromatic rings. The minimum Gasteiger partial charge on any atom is -0.508 e. The van der Waals surface area contributed by atoms with Crippen molar-refractivity contribution >= 4 is 11.9 Å². The second-order valence-electron chi connectivity index (χ2n) is 5.56. The van der Waals surface area contributed by atoms with Gasteiger partial charge < -0.3 is 14.4 Å². The molecule has 25 heavy (non-hydrogen) atoms. The molecule has 5 nitrogen and oxygen atoms in total. The molecule has 1 heterocycles. The molecular formula is C20H18N2O3. The second-order valence-corrected chi connectivity index (χ2v) is 5.56. The first kappa shape index (κ1) is 16.5. The van der Waals surface area contributed by atoms with Gasteiger partial charge in [-0.3, -0.25) is 4.79 Å². The van der Waals surface area contributed by atoms with Crippen LogP contribution in [0.3, 0.4) is 0 Å². The number of carbonyl (C=O) groups excluding carboxylic acids is 1. The Labute approximate surface area is 145 Å². The summed E-state index contributed by atoms with van der Waals surface area (Å²) in [4.78, 5) is 16.4. The largest absolute Gasteiger partial charge is 0.508 e. The van der Waals surface area contributed by atoms with Gasteiger partial charge in [-0.25, -0.2) is 4.98 Å². The molecule has 0 spiro atoms. The average Bonchev–Trinajstić information content (AvgIpc) is 3.03. The van der Waals surface area contributed by atoms with E-state index in [2.05, 4.69) is 4.98 Å². The maximum atomic E-state index is 12.2. The number of hydrogen-bond acceptors (Lipinski definition) is 4. The zero-order valence-electron chi connectivity index (χ0n) is 13.8. The molecule has 5 heteroatoms. The number of rotatable bonds is 6. The zero-order valence-corrected chi connectivity index (χ0v) is 13.8. The molecular weight excluding hydrogens is 316 g/mol. The van der Waals surface area contributed by atoms with Gasteiger partial charge >= 0.3 is 0 Å². The number of imidazole rings is 1. The number of aromatic nitrogens is 2. The van der Waals surface area contributed by atoms with E-state index in [1.54, 1.807) is 54.7 Å². The first-order valence-corrected chi connectivity index (χ1v) is 7.82. The van der Waals surface area contributed by atoms with Crippen molar-refractivity contribution < 1.29 is 14.6 Å². The van der Waals surface area contributed by atoms with E-state index in [4.69, 9.17) is 4.74 Å². The Kier molecular flexibility index (Phi) is 4.95. The van der Waals surface area contributed by atoms with Crippen LogP contribution in [0.2, 0.25) is 0 Å². The summed E-state index contributed by atoms with van der Waals surface area (Å²) in [6.07, 6.45) is 6.74. The quantitative estimate of drug-likeness (QED) is 0.552. The van der Waals surface area contributed by atoms with Gasteiger partial charge in [-0.15, -0.1) is 0 Å². The van der Waals surface area contributed by atoms with E-state index in [9.17, 15) is 9.90 Å². The van der Waals surface area contributed by atoms with Crippen molar-refractivity contribution in [1.82, 2.24) is 9.55 Å². The molecule has 0 unspecified atom stereocenters. The molecule has 0 amide bonds. The lowest BCUT2D eigenvalue weighted by atomic mass is 10.1. The smallest absolute Gasteiger partial charge is 0.185 e. The number of benzene rings is 2. The number of nitrogens with zero attached hydrogens (tertiary/aromatic N) is 2. The van der Waals surface area contributed by atoms with Crippen molar-refractivity contribution in [2.45, 2.75) is 6.61 Å². The first-order valence-electron chi connectivity index (χ1n) is 7.82. The summed E-state index contributed by atoms with van der Waals surface area (Å²) in [5, 5.41) is 9.42. The highest BCUT2D eigenvalue weighted by Gasteiger charge is 2.04. The van der Waals surface area contributed by atoms with Crippen LogP contribution < -0.4 is 4.74 Å². The van der Waals surface area contributed by atoms with Gasteiger partial charge in [0.2, 0.25) is 0 Å². The van der Waals surface area contributed by atoms with Gasteiger partial charge in [-0.1, -0.05) is 18.2 Å². The number of carbonyl (C=O) groups is 1. The topological polar surface area (TPSA) is 64.4 Å². The SMILES string of the molecule is Cn1ccnc1COc1ccc(C(=O)/C=C/c2cccc(O)c2)cc1. The predicted octanol–water partition coefficient (Wildman–Crippen LogP) is 3.60. The lowest BCUT2D eigenvalue weighted by molar-refractivity contribution is 0.104. The third-order valence-electron chi connectivity index (χ3n) is 3.73. The van der Waals surface area contributed by atoms with Gasteiger partial charge in [0.15, 0.2) is 5.78 Å². The molecule has 0 fully saturated rings. The van der Waals surface area contributed by atoms with E-state index in [0.717, 1.165) is 11.4 Å². The highest BCUT2D eigenvalue weighted by molar-refractivity contribution is 6.06. The molecule has 3 rings (SSSR count). The molecule has 0 saturated heterocycles. The highest BCUT2D eigenvalue weighted by Crippen LogP contribution is 2.16. The van der Waals surface area contributed by atoms with Crippen molar-refractivity contribution in [2.75, 3.05) is 0 Å². The molecule has 0 bridgehead atoms. The Morgan fingerprint density at radius 1 is 1.24 bits per heavy atom. The lowest BCUT2D eigenvalue weighted by Crippen LogP contribution is -2.03. The third kappa shape index (κ3) is 4.35. The summed E-state index contributed by atoms with van der Waals surface area (Å²) >= 11 is 0. The van der Waals surface area contributed by atoms with Crippen LogP contribution >= 0.6 is 0 Å². The molecule has 126 valence electrons. The van der Waals surface area contributed by atoms with E-state index in [-0.39, 0.29) is 11.5 Å². The fraction of sp³-hybridized carbons (Fsp3) is 0.100. The number of aryl methyl sites for hydroxylation is 1. The summed E-state index contributed by atoms with van der Waals surface area (Å²) in [5.74, 6) is 1.56. The van der Waals surface area contributed by atoms with Crippen molar-refractivity contribution in [1.29, 1.82) is 0 Å². The number of ketones is 1. The van der Waals surface area contributed by atoms with E-state index in [0.29, 0.717) is 17.9 Å². The molecule has 1 aromatic heterocycles. The molecule has 0 atom stereocenters. The lowest BCUT2D eigenvalue weighted by Gasteiger charge is -2.06. The number of phenolic OH excluding ortho intramolecular Hbond substituents is 1. The molecule has 2 aromatic carbocycles. The van der Waals surface area contributed by atoms with Gasteiger partial charge in [-0.2, -0.15) is 0 Å². The van der Waals surface area contributed by atoms with Crippen LogP contribution in [0.5, 0.6) is 11.5 Å². The monoisotopic (exact) mass is 334 g/mol. The number of ether oxygens (including phenoxy) is 1. The van der Waals surface area contributed by atoms with Gasteiger partial charge in [-0.05, 0) is 48.0 Å². The minimum absolute atomic E-state index is 0.112. The van der Waals surface area contributed by atoms with Crippen molar-refractivity contribution in [3.8, 4) is 11.5 Å². The Bertz CT molecular complexity index is 895. The fourth-order valence-electron chi connectivity index (χ4n) is 2.30. The van der Waals surface area contributed by atoms with Crippen LogP contribution in [0.1, 0.15) is 21.7 Å². The first-order chi connectivity index (χ1) is 12.1. The molecule has 0 radical (unpaired) electrons. The van der Waals surface area contributed by atoms with Crippen LogP contribution in [-0.2, 0) is 13.7 Å². The summed E-state index contributed by atoms with van der Waals surface area (Å²) in [7, 11) is 1.91. The summed E-state index contributed by atoms with van der Waals surface area (Å²) in [6.45, 7) is 0.369. The molecule has 1 N–H and O–H groups in total. The van der Waals surface area contributed by atoms with Gasteiger partial charge in [0.25, 0.3) is 0 Å². The molecule has 0 aliphatic rings. The minimum atomic E-state index is -0.112. The maximum Gasteiger partial charge on any atom is 0.185 e. The van der Waals surface area contributed by atoms with Crippen LogP contribution in [0.15, 0.2) is 67.0 Å². The summed E-state index contributed by atoms with van der Waals surface area (Å²) in [6, 6.07) is 13.7. The molecule has 0 aliphatic carbocycles. The predicted molar refractivity (Wildman–Crippen MR) is 95.5 cm³/mol. The van der Waals surface area contributed by atoms with E-state index in [1.807, 2.05) is 23.9 Å². The fourth-order valence-corrected chi connectivity index (χ4v) is 2.30. The van der Waals surface area contributed by atoms with Crippen LogP contribution in [0, 0.1) is 0 Å². The van der Waals surface area contributed by atoms with Crippen LogP contribution in [-0.4, -0.2) is 20.4 Å². The Hall–Kier alpha value is -3.34. The van der Waals surface area contributed by atoms with E-state index >= 15 is 0 Å². The van der Waals surface area contributed by atoms with E-state index in [1.165, 1.54) is 6.08 Å².